The number of nitrogens with zero attached hydrogens (tertiary/aromatic N) is 3. The summed E-state index contributed by atoms with van der Waals surface area (Å²) in [5.74, 6) is 0.0418. The summed E-state index contributed by atoms with van der Waals surface area (Å²) in [5.41, 5.74) is 0.911. The zero-order valence-electron chi connectivity index (χ0n) is 17.3. The molecular formula is C22H16ClN5O5S. The summed E-state index contributed by atoms with van der Waals surface area (Å²) in [7, 11) is 0. The van der Waals surface area contributed by atoms with Crippen LogP contribution < -0.4 is 10.6 Å². The Bertz CT molecular complexity index is 1310. The average molecular weight is 498 g/mol. The fourth-order valence-electron chi connectivity index (χ4n) is 3.01. The normalized spacial score (nSPS) is 16.7. The lowest BCUT2D eigenvalue weighted by atomic mass is 10.1. The Labute approximate surface area is 202 Å². The van der Waals surface area contributed by atoms with Gasteiger partial charge in [0.15, 0.2) is 5.17 Å². The van der Waals surface area contributed by atoms with Gasteiger partial charge in [-0.05, 0) is 30.3 Å². The number of halogens is 1. The van der Waals surface area contributed by atoms with E-state index < -0.39 is 10.2 Å². The number of carbonyl (C=O) groups is 2. The van der Waals surface area contributed by atoms with Crippen molar-refractivity contribution in [2.75, 3.05) is 5.32 Å². The van der Waals surface area contributed by atoms with E-state index in [2.05, 4.69) is 20.8 Å². The molecule has 1 aliphatic heterocycles. The van der Waals surface area contributed by atoms with Crippen LogP contribution in [0.2, 0.25) is 5.02 Å². The number of rotatable bonds is 7. The maximum absolute atomic E-state index is 12.2. The number of hydrogen-bond donors (Lipinski definition) is 2. The van der Waals surface area contributed by atoms with Crippen LogP contribution in [0, 0.1) is 10.1 Å². The van der Waals surface area contributed by atoms with Crippen molar-refractivity contribution in [1.29, 1.82) is 0 Å². The van der Waals surface area contributed by atoms with Gasteiger partial charge in [0.05, 0.1) is 16.2 Å². The predicted molar refractivity (Wildman–Crippen MR) is 130 cm³/mol. The summed E-state index contributed by atoms with van der Waals surface area (Å²) in [6.45, 7) is 0. The molecule has 2 N–H and O–H groups in total. The Hall–Kier alpha value is -3.96. The zero-order chi connectivity index (χ0) is 24.1. The first-order valence-electron chi connectivity index (χ1n) is 9.86. The highest BCUT2D eigenvalue weighted by Crippen LogP contribution is 2.32. The van der Waals surface area contributed by atoms with Crippen LogP contribution in [0.1, 0.15) is 12.2 Å². The van der Waals surface area contributed by atoms with Crippen molar-refractivity contribution >= 4 is 57.9 Å². The SMILES string of the molecule is O=C(C[C@@H]1S/C(=N\N=C/c2ccc(-c3cc([N+](=O)[O-])ccc3Cl)o2)NC1=O)Nc1ccccc1. The van der Waals surface area contributed by atoms with Gasteiger partial charge in [0.2, 0.25) is 11.8 Å². The summed E-state index contributed by atoms with van der Waals surface area (Å²) < 4.78 is 5.63. The minimum atomic E-state index is -0.621. The third-order valence-corrected chi connectivity index (χ3v) is 5.99. The van der Waals surface area contributed by atoms with Gasteiger partial charge >= 0.3 is 0 Å². The van der Waals surface area contributed by atoms with Crippen molar-refractivity contribution in [3.63, 3.8) is 0 Å². The maximum atomic E-state index is 12.2. The van der Waals surface area contributed by atoms with Gasteiger partial charge in [0.1, 0.15) is 16.8 Å². The maximum Gasteiger partial charge on any atom is 0.270 e. The van der Waals surface area contributed by atoms with E-state index >= 15 is 0 Å². The molecule has 2 aromatic carbocycles. The largest absolute Gasteiger partial charge is 0.455 e. The third kappa shape index (κ3) is 5.69. The molecule has 34 heavy (non-hydrogen) atoms. The number of nitrogens with one attached hydrogen (secondary N) is 2. The van der Waals surface area contributed by atoms with E-state index in [0.717, 1.165) is 11.8 Å². The van der Waals surface area contributed by atoms with Crippen LogP contribution in [-0.2, 0) is 9.59 Å². The van der Waals surface area contributed by atoms with Crippen LogP contribution in [0.15, 0.2) is 75.3 Å². The van der Waals surface area contributed by atoms with E-state index in [1.165, 1.54) is 24.4 Å². The highest BCUT2D eigenvalue weighted by Gasteiger charge is 2.32. The van der Waals surface area contributed by atoms with Crippen LogP contribution in [-0.4, -0.2) is 33.4 Å². The number of thioether (sulfide) groups is 1. The fourth-order valence-corrected chi connectivity index (χ4v) is 4.14. The van der Waals surface area contributed by atoms with Gasteiger partial charge in [-0.3, -0.25) is 19.7 Å². The number of benzene rings is 2. The lowest BCUT2D eigenvalue weighted by Crippen LogP contribution is -2.28. The second kappa shape index (κ2) is 10.3. The Morgan fingerprint density at radius 2 is 2.03 bits per heavy atom. The topological polar surface area (TPSA) is 139 Å². The van der Waals surface area contributed by atoms with Gasteiger partial charge in [-0.15, -0.1) is 5.10 Å². The van der Waals surface area contributed by atoms with E-state index in [1.54, 1.807) is 36.4 Å². The number of furan rings is 1. The van der Waals surface area contributed by atoms with Crippen LogP contribution in [0.5, 0.6) is 0 Å². The Balaban J connectivity index is 1.37. The molecule has 10 nitrogen and oxygen atoms in total. The van der Waals surface area contributed by atoms with Gasteiger partial charge in [-0.2, -0.15) is 5.10 Å². The smallest absolute Gasteiger partial charge is 0.270 e. The molecule has 0 radical (unpaired) electrons. The molecule has 0 spiro atoms. The summed E-state index contributed by atoms with van der Waals surface area (Å²) in [6.07, 6.45) is 1.31. The summed E-state index contributed by atoms with van der Waals surface area (Å²) in [4.78, 5) is 34.8. The number of anilines is 1. The molecule has 0 saturated carbocycles. The lowest BCUT2D eigenvalue weighted by Gasteiger charge is -2.06. The molecule has 1 aliphatic rings. The minimum absolute atomic E-state index is 0.0142. The first-order chi connectivity index (χ1) is 16.4. The summed E-state index contributed by atoms with van der Waals surface area (Å²) >= 11 is 7.24. The van der Waals surface area contributed by atoms with Gasteiger partial charge in [0, 0.05) is 29.8 Å². The monoisotopic (exact) mass is 497 g/mol. The van der Waals surface area contributed by atoms with Gasteiger partial charge in [-0.25, -0.2) is 0 Å². The van der Waals surface area contributed by atoms with Crippen molar-refractivity contribution in [3.8, 4) is 11.3 Å². The van der Waals surface area contributed by atoms with Gasteiger partial charge < -0.3 is 15.1 Å². The van der Waals surface area contributed by atoms with Gasteiger partial charge in [-0.1, -0.05) is 41.6 Å². The number of nitro benzene ring substituents is 1. The van der Waals surface area contributed by atoms with Crippen molar-refractivity contribution in [3.05, 3.63) is 81.6 Å². The molecule has 0 unspecified atom stereocenters. The molecule has 12 heteroatoms. The number of para-hydroxylation sites is 1. The second-order valence-corrected chi connectivity index (χ2v) is 8.59. The number of amides is 2. The van der Waals surface area contributed by atoms with Crippen molar-refractivity contribution in [2.45, 2.75) is 11.7 Å². The predicted octanol–water partition coefficient (Wildman–Crippen LogP) is 4.46. The van der Waals surface area contributed by atoms with Crippen molar-refractivity contribution < 1.29 is 18.9 Å². The van der Waals surface area contributed by atoms with E-state index in [4.69, 9.17) is 16.0 Å². The highest BCUT2D eigenvalue weighted by atomic mass is 35.5. The highest BCUT2D eigenvalue weighted by molar-refractivity contribution is 8.15. The molecule has 1 fully saturated rings. The fraction of sp³-hybridized carbons (Fsp3) is 0.0909. The van der Waals surface area contributed by atoms with Crippen LogP contribution >= 0.6 is 23.4 Å². The number of non-ortho nitro benzene ring substituents is 1. The van der Waals surface area contributed by atoms with Crippen LogP contribution in [0.25, 0.3) is 11.3 Å². The number of hydrogen-bond acceptors (Lipinski definition) is 8. The first kappa shape index (κ1) is 23.2. The number of nitro groups is 1. The minimum Gasteiger partial charge on any atom is -0.455 e. The van der Waals surface area contributed by atoms with Crippen molar-refractivity contribution in [1.82, 2.24) is 5.32 Å². The molecule has 172 valence electrons. The number of amidine groups is 1. The second-order valence-electron chi connectivity index (χ2n) is 6.99. The van der Waals surface area contributed by atoms with Crippen molar-refractivity contribution in [2.24, 2.45) is 10.2 Å². The molecule has 3 aromatic rings. The Kier molecular flexibility index (Phi) is 7.04. The molecule has 2 amide bonds. The molecule has 0 bridgehead atoms. The zero-order valence-corrected chi connectivity index (χ0v) is 18.9. The Morgan fingerprint density at radius 1 is 1.24 bits per heavy atom. The number of carbonyl (C=O) groups excluding carboxylic acids is 2. The molecule has 1 aromatic heterocycles. The van der Waals surface area contributed by atoms with Gasteiger partial charge in [0.25, 0.3) is 5.69 Å². The van der Waals surface area contributed by atoms with E-state index in [9.17, 15) is 19.7 Å². The van der Waals surface area contributed by atoms with Crippen LogP contribution in [0.4, 0.5) is 11.4 Å². The quantitative estimate of drug-likeness (QED) is 0.280. The van der Waals surface area contributed by atoms with E-state index in [1.807, 2.05) is 6.07 Å². The summed E-state index contributed by atoms with van der Waals surface area (Å²) in [5, 5.41) is 24.1. The molecule has 0 aliphatic carbocycles. The molecule has 1 saturated heterocycles. The standard InChI is InChI=1S/C22H16ClN5O5S/c23-17-8-6-14(28(31)32)10-16(17)18-9-7-15(33-18)12-24-27-22-26-21(30)19(34-22)11-20(29)25-13-4-2-1-3-5-13/h1-10,12,19H,11H2,(H,25,29)(H,26,27,30)/b24-12-/t19-/m0/s1. The molecule has 2 heterocycles. The Morgan fingerprint density at radius 3 is 2.79 bits per heavy atom. The molecule has 1 atom stereocenters. The summed E-state index contributed by atoms with van der Waals surface area (Å²) in [6, 6.07) is 16.2. The van der Waals surface area contributed by atoms with E-state index in [-0.39, 0.29) is 29.1 Å². The lowest BCUT2D eigenvalue weighted by molar-refractivity contribution is -0.384. The first-order valence-corrected chi connectivity index (χ1v) is 11.1. The molecule has 4 rings (SSSR count). The van der Waals surface area contributed by atoms with E-state index in [0.29, 0.717) is 27.8 Å². The average Bonchev–Trinajstić information content (AvgIpc) is 3.41. The third-order valence-electron chi connectivity index (χ3n) is 4.59. The van der Waals surface area contributed by atoms with Crippen LogP contribution in [0.3, 0.4) is 0 Å². The molecular weight excluding hydrogens is 482 g/mol.